The number of carbonyl (C=O) groups excluding carboxylic acids is 1. The first-order valence-electron chi connectivity index (χ1n) is 7.74. The molecule has 1 fully saturated rings. The van der Waals surface area contributed by atoms with Gasteiger partial charge in [-0.25, -0.2) is 0 Å². The predicted molar refractivity (Wildman–Crippen MR) is 89.9 cm³/mol. The first-order valence-corrected chi connectivity index (χ1v) is 8.11. The van der Waals surface area contributed by atoms with Crippen LogP contribution in [0.25, 0.3) is 11.3 Å². The maximum atomic E-state index is 12.7. The van der Waals surface area contributed by atoms with Gasteiger partial charge in [0.15, 0.2) is 0 Å². The number of nitrogens with one attached hydrogen (secondary N) is 1. The molecule has 0 radical (unpaired) electrons. The fourth-order valence-electron chi connectivity index (χ4n) is 3.00. The Morgan fingerprint density at radius 2 is 2.12 bits per heavy atom. The highest BCUT2D eigenvalue weighted by Gasteiger charge is 2.39. The molecule has 1 atom stereocenters. The summed E-state index contributed by atoms with van der Waals surface area (Å²) in [4.78, 5) is 25.7. The molecule has 0 bridgehead atoms. The molecule has 24 heavy (non-hydrogen) atoms. The predicted octanol–water partition coefficient (Wildman–Crippen LogP) is 3.06. The van der Waals surface area contributed by atoms with Crippen molar-refractivity contribution in [3.05, 3.63) is 41.0 Å². The number of hydrogen-bond donors (Lipinski definition) is 2. The number of aromatic amines is 1. The second-order valence-corrected chi connectivity index (χ2v) is 6.75. The standard InChI is InChI=1S/C17H18ClN3O3/c1-17(16(23)24)7-4-8-21(10-17)15(22)14-9-13(19-20-14)11-5-2-3-6-12(11)18/h2-3,5-6,9H,4,7-8,10H2,1H3,(H,19,20)(H,23,24). The summed E-state index contributed by atoms with van der Waals surface area (Å²) in [5, 5.41) is 16.8. The number of rotatable bonds is 3. The summed E-state index contributed by atoms with van der Waals surface area (Å²) in [7, 11) is 0. The summed E-state index contributed by atoms with van der Waals surface area (Å²) >= 11 is 6.15. The molecule has 126 valence electrons. The Morgan fingerprint density at radius 1 is 1.38 bits per heavy atom. The Labute approximate surface area is 144 Å². The quantitative estimate of drug-likeness (QED) is 0.893. The third kappa shape index (κ3) is 3.01. The van der Waals surface area contributed by atoms with Crippen LogP contribution in [0.15, 0.2) is 30.3 Å². The van der Waals surface area contributed by atoms with E-state index < -0.39 is 11.4 Å². The Bertz CT molecular complexity index is 789. The molecular formula is C17H18ClN3O3. The molecule has 0 aliphatic carbocycles. The number of aromatic nitrogens is 2. The maximum Gasteiger partial charge on any atom is 0.311 e. The third-order valence-electron chi connectivity index (χ3n) is 4.46. The number of amides is 1. The lowest BCUT2D eigenvalue weighted by Gasteiger charge is -2.37. The Morgan fingerprint density at radius 3 is 2.83 bits per heavy atom. The molecule has 7 heteroatoms. The van der Waals surface area contributed by atoms with E-state index in [0.29, 0.717) is 35.8 Å². The first-order chi connectivity index (χ1) is 11.4. The van der Waals surface area contributed by atoms with Gasteiger partial charge in [-0.2, -0.15) is 5.10 Å². The number of benzene rings is 1. The van der Waals surface area contributed by atoms with E-state index in [4.69, 9.17) is 11.6 Å². The monoisotopic (exact) mass is 347 g/mol. The molecular weight excluding hydrogens is 330 g/mol. The normalized spacial score (nSPS) is 20.8. The van der Waals surface area contributed by atoms with Crippen LogP contribution in [-0.2, 0) is 4.79 Å². The Hall–Kier alpha value is -2.34. The average molecular weight is 348 g/mol. The molecule has 1 saturated heterocycles. The molecule has 2 aromatic rings. The number of nitrogens with zero attached hydrogens (tertiary/aromatic N) is 2. The number of piperidine rings is 1. The van der Waals surface area contributed by atoms with E-state index in [9.17, 15) is 14.7 Å². The zero-order valence-corrected chi connectivity index (χ0v) is 14.0. The van der Waals surface area contributed by atoms with Crippen molar-refractivity contribution in [2.45, 2.75) is 19.8 Å². The van der Waals surface area contributed by atoms with Crippen molar-refractivity contribution in [1.29, 1.82) is 0 Å². The van der Waals surface area contributed by atoms with Crippen LogP contribution in [0.2, 0.25) is 5.02 Å². The highest BCUT2D eigenvalue weighted by Crippen LogP contribution is 2.31. The fourth-order valence-corrected chi connectivity index (χ4v) is 3.23. The number of aliphatic carboxylic acids is 1. The molecule has 2 N–H and O–H groups in total. The molecule has 1 aromatic heterocycles. The summed E-state index contributed by atoms with van der Waals surface area (Å²) in [5.74, 6) is -1.12. The second-order valence-electron chi connectivity index (χ2n) is 6.34. The first kappa shape index (κ1) is 16.5. The van der Waals surface area contributed by atoms with Gasteiger partial charge >= 0.3 is 5.97 Å². The van der Waals surface area contributed by atoms with E-state index in [0.717, 1.165) is 5.56 Å². The van der Waals surface area contributed by atoms with Gasteiger partial charge in [0.25, 0.3) is 5.91 Å². The number of likely N-dealkylation sites (tertiary alicyclic amines) is 1. The van der Waals surface area contributed by atoms with Gasteiger partial charge in [-0.1, -0.05) is 29.8 Å². The van der Waals surface area contributed by atoms with Gasteiger partial charge in [-0.15, -0.1) is 0 Å². The molecule has 1 unspecified atom stereocenters. The van der Waals surface area contributed by atoms with Gasteiger partial charge in [-0.05, 0) is 31.9 Å². The van der Waals surface area contributed by atoms with Crippen LogP contribution in [0.1, 0.15) is 30.3 Å². The Kier molecular flexibility index (Phi) is 4.32. The minimum absolute atomic E-state index is 0.196. The molecule has 2 heterocycles. The van der Waals surface area contributed by atoms with Crippen molar-refractivity contribution in [2.24, 2.45) is 5.41 Å². The summed E-state index contributed by atoms with van der Waals surface area (Å²) < 4.78 is 0. The van der Waals surface area contributed by atoms with Gasteiger partial charge in [0.1, 0.15) is 5.69 Å². The third-order valence-corrected chi connectivity index (χ3v) is 4.79. The van der Waals surface area contributed by atoms with E-state index in [2.05, 4.69) is 10.2 Å². The number of H-pyrrole nitrogens is 1. The molecule has 1 amide bonds. The number of carbonyl (C=O) groups is 2. The number of carboxylic acid groups (broad SMARTS) is 1. The van der Waals surface area contributed by atoms with Crippen LogP contribution in [0.5, 0.6) is 0 Å². The average Bonchev–Trinajstić information content (AvgIpc) is 3.04. The van der Waals surface area contributed by atoms with Crippen LogP contribution in [0.4, 0.5) is 0 Å². The lowest BCUT2D eigenvalue weighted by molar-refractivity contribution is -0.150. The molecule has 6 nitrogen and oxygen atoms in total. The zero-order chi connectivity index (χ0) is 17.3. The molecule has 0 saturated carbocycles. The van der Waals surface area contributed by atoms with E-state index in [1.807, 2.05) is 18.2 Å². The van der Waals surface area contributed by atoms with Crippen molar-refractivity contribution in [3.63, 3.8) is 0 Å². The summed E-state index contributed by atoms with van der Waals surface area (Å²) in [6.07, 6.45) is 1.24. The van der Waals surface area contributed by atoms with Crippen LogP contribution in [-0.4, -0.2) is 45.2 Å². The number of halogens is 1. The highest BCUT2D eigenvalue weighted by atomic mass is 35.5. The molecule has 1 aliphatic heterocycles. The van der Waals surface area contributed by atoms with Gasteiger partial charge in [0.05, 0.1) is 16.1 Å². The van der Waals surface area contributed by atoms with Crippen LogP contribution < -0.4 is 0 Å². The van der Waals surface area contributed by atoms with Crippen molar-refractivity contribution < 1.29 is 14.7 Å². The van der Waals surface area contributed by atoms with Crippen molar-refractivity contribution in [3.8, 4) is 11.3 Å². The number of hydrogen-bond acceptors (Lipinski definition) is 3. The zero-order valence-electron chi connectivity index (χ0n) is 13.3. The smallest absolute Gasteiger partial charge is 0.311 e. The van der Waals surface area contributed by atoms with Gasteiger partial charge in [0.2, 0.25) is 0 Å². The maximum absolute atomic E-state index is 12.7. The Balaban J connectivity index is 1.81. The lowest BCUT2D eigenvalue weighted by Crippen LogP contribution is -2.48. The van der Waals surface area contributed by atoms with Gasteiger partial charge in [-0.3, -0.25) is 14.7 Å². The lowest BCUT2D eigenvalue weighted by atomic mass is 9.82. The summed E-state index contributed by atoms with van der Waals surface area (Å²) in [5.41, 5.74) is 0.754. The molecule has 1 aliphatic rings. The van der Waals surface area contributed by atoms with Crippen molar-refractivity contribution in [2.75, 3.05) is 13.1 Å². The summed E-state index contributed by atoms with van der Waals surface area (Å²) in [6, 6.07) is 8.91. The minimum atomic E-state index is -0.903. The van der Waals surface area contributed by atoms with E-state index in [1.165, 1.54) is 0 Å². The molecule has 3 rings (SSSR count). The second kappa shape index (κ2) is 6.28. The van der Waals surface area contributed by atoms with E-state index in [1.54, 1.807) is 24.0 Å². The topological polar surface area (TPSA) is 86.3 Å². The van der Waals surface area contributed by atoms with E-state index in [-0.39, 0.29) is 12.5 Å². The van der Waals surface area contributed by atoms with Gasteiger partial charge < -0.3 is 10.0 Å². The van der Waals surface area contributed by atoms with Crippen LogP contribution >= 0.6 is 11.6 Å². The summed E-state index contributed by atoms with van der Waals surface area (Å²) in [6.45, 7) is 2.42. The number of carboxylic acids is 1. The molecule has 1 aromatic carbocycles. The highest BCUT2D eigenvalue weighted by molar-refractivity contribution is 6.33. The largest absolute Gasteiger partial charge is 0.481 e. The molecule has 0 spiro atoms. The van der Waals surface area contributed by atoms with Crippen molar-refractivity contribution >= 4 is 23.5 Å². The van der Waals surface area contributed by atoms with Crippen LogP contribution in [0.3, 0.4) is 0 Å². The van der Waals surface area contributed by atoms with Gasteiger partial charge in [0, 0.05) is 18.7 Å². The minimum Gasteiger partial charge on any atom is -0.481 e. The van der Waals surface area contributed by atoms with E-state index >= 15 is 0 Å². The fraction of sp³-hybridized carbons (Fsp3) is 0.353. The van der Waals surface area contributed by atoms with Crippen molar-refractivity contribution in [1.82, 2.24) is 15.1 Å². The van der Waals surface area contributed by atoms with Crippen LogP contribution in [0, 0.1) is 5.41 Å². The SMILES string of the molecule is CC1(C(=O)O)CCCN(C(=O)c2cc(-c3ccccc3Cl)n[nH]2)C1.